The fourth-order valence-corrected chi connectivity index (χ4v) is 1.67. The number of nitrogens with two attached hydrogens (primary N) is 1. The summed E-state index contributed by atoms with van der Waals surface area (Å²) in [5, 5.41) is 11.4. The number of anilines is 1. The Hall–Kier alpha value is -2.67. The maximum absolute atomic E-state index is 11.5. The SMILES string of the molecule is Nc1nc(/C=C\c2ccc(Cl)cc2)c([N+](=O)[O-])c(=O)[nH]1. The summed E-state index contributed by atoms with van der Waals surface area (Å²) in [7, 11) is 0. The second-order valence-corrected chi connectivity index (χ2v) is 4.26. The minimum Gasteiger partial charge on any atom is -0.369 e. The Kier molecular flexibility index (Phi) is 3.81. The van der Waals surface area contributed by atoms with E-state index in [4.69, 9.17) is 17.3 Å². The monoisotopic (exact) mass is 292 g/mol. The number of nitro groups is 1. The first-order chi connectivity index (χ1) is 9.47. The summed E-state index contributed by atoms with van der Waals surface area (Å²) in [4.78, 5) is 27.4. The molecule has 0 aliphatic heterocycles. The number of aromatic amines is 1. The quantitative estimate of drug-likeness (QED) is 0.664. The van der Waals surface area contributed by atoms with Crippen LogP contribution in [0.2, 0.25) is 5.02 Å². The van der Waals surface area contributed by atoms with Crippen LogP contribution in [0.25, 0.3) is 12.2 Å². The molecule has 2 rings (SSSR count). The number of nitrogens with zero attached hydrogens (tertiary/aromatic N) is 2. The summed E-state index contributed by atoms with van der Waals surface area (Å²) in [6.07, 6.45) is 2.93. The predicted octanol–water partition coefficient (Wildman–Crippen LogP) is 2.08. The highest BCUT2D eigenvalue weighted by Crippen LogP contribution is 2.16. The third-order valence-corrected chi connectivity index (χ3v) is 2.68. The Labute approximate surface area is 117 Å². The maximum Gasteiger partial charge on any atom is 0.359 e. The molecule has 3 N–H and O–H groups in total. The Morgan fingerprint density at radius 2 is 1.95 bits per heavy atom. The highest BCUT2D eigenvalue weighted by molar-refractivity contribution is 6.30. The van der Waals surface area contributed by atoms with E-state index in [1.807, 2.05) is 0 Å². The number of H-pyrrole nitrogens is 1. The summed E-state index contributed by atoms with van der Waals surface area (Å²) in [5.41, 5.74) is 4.49. The molecule has 102 valence electrons. The van der Waals surface area contributed by atoms with Gasteiger partial charge < -0.3 is 5.73 Å². The highest BCUT2D eigenvalue weighted by Gasteiger charge is 2.19. The fourth-order valence-electron chi connectivity index (χ4n) is 1.54. The Morgan fingerprint density at radius 3 is 2.55 bits per heavy atom. The van der Waals surface area contributed by atoms with Crippen molar-refractivity contribution in [3.8, 4) is 0 Å². The zero-order chi connectivity index (χ0) is 14.7. The summed E-state index contributed by atoms with van der Waals surface area (Å²) in [5.74, 6) is -0.184. The highest BCUT2D eigenvalue weighted by atomic mass is 35.5. The van der Waals surface area contributed by atoms with Gasteiger partial charge in [0.25, 0.3) is 0 Å². The van der Waals surface area contributed by atoms with E-state index < -0.39 is 16.2 Å². The second-order valence-electron chi connectivity index (χ2n) is 3.83. The van der Waals surface area contributed by atoms with Crippen LogP contribution in [0.15, 0.2) is 29.1 Å². The van der Waals surface area contributed by atoms with E-state index >= 15 is 0 Å². The van der Waals surface area contributed by atoms with Crippen molar-refractivity contribution in [2.24, 2.45) is 0 Å². The topological polar surface area (TPSA) is 115 Å². The summed E-state index contributed by atoms with van der Waals surface area (Å²) < 4.78 is 0. The van der Waals surface area contributed by atoms with Crippen LogP contribution in [-0.4, -0.2) is 14.9 Å². The first kappa shape index (κ1) is 13.8. The van der Waals surface area contributed by atoms with Gasteiger partial charge in [0.05, 0.1) is 4.92 Å². The number of benzene rings is 1. The molecular weight excluding hydrogens is 284 g/mol. The average molecular weight is 293 g/mol. The lowest BCUT2D eigenvalue weighted by molar-refractivity contribution is -0.386. The molecule has 0 radical (unpaired) electrons. The summed E-state index contributed by atoms with van der Waals surface area (Å²) in [6.45, 7) is 0. The number of rotatable bonds is 3. The van der Waals surface area contributed by atoms with Gasteiger partial charge in [-0.25, -0.2) is 4.98 Å². The van der Waals surface area contributed by atoms with Crippen LogP contribution in [0.1, 0.15) is 11.3 Å². The number of halogens is 1. The molecule has 8 heteroatoms. The second kappa shape index (κ2) is 5.54. The predicted molar refractivity (Wildman–Crippen MR) is 76.3 cm³/mol. The van der Waals surface area contributed by atoms with E-state index in [0.29, 0.717) is 5.02 Å². The van der Waals surface area contributed by atoms with Gasteiger partial charge >= 0.3 is 11.2 Å². The van der Waals surface area contributed by atoms with Gasteiger partial charge in [-0.3, -0.25) is 19.9 Å². The lowest BCUT2D eigenvalue weighted by Crippen LogP contribution is -2.17. The lowest BCUT2D eigenvalue weighted by Gasteiger charge is -1.98. The molecule has 2 aromatic rings. The van der Waals surface area contributed by atoms with E-state index in [1.54, 1.807) is 30.3 Å². The average Bonchev–Trinajstić information content (AvgIpc) is 2.36. The molecule has 0 bridgehead atoms. The Bertz CT molecular complexity index is 737. The van der Waals surface area contributed by atoms with Crippen molar-refractivity contribution in [1.29, 1.82) is 0 Å². The van der Waals surface area contributed by atoms with Crippen LogP contribution in [0, 0.1) is 10.1 Å². The molecule has 0 saturated carbocycles. The molecule has 0 atom stereocenters. The molecule has 1 heterocycles. The van der Waals surface area contributed by atoms with Gasteiger partial charge in [-0.05, 0) is 23.8 Å². The van der Waals surface area contributed by atoms with Crippen molar-refractivity contribution < 1.29 is 4.92 Å². The molecule has 1 aromatic heterocycles. The van der Waals surface area contributed by atoms with E-state index in [9.17, 15) is 14.9 Å². The van der Waals surface area contributed by atoms with Crippen LogP contribution in [0.5, 0.6) is 0 Å². The smallest absolute Gasteiger partial charge is 0.359 e. The molecule has 0 aliphatic rings. The van der Waals surface area contributed by atoms with Gasteiger partial charge in [-0.15, -0.1) is 0 Å². The number of nitrogens with one attached hydrogen (secondary N) is 1. The van der Waals surface area contributed by atoms with Crippen LogP contribution < -0.4 is 11.3 Å². The van der Waals surface area contributed by atoms with Crippen molar-refractivity contribution in [3.63, 3.8) is 0 Å². The Morgan fingerprint density at radius 1 is 1.30 bits per heavy atom. The van der Waals surface area contributed by atoms with Gasteiger partial charge in [0.1, 0.15) is 0 Å². The molecule has 20 heavy (non-hydrogen) atoms. The first-order valence-corrected chi connectivity index (χ1v) is 5.83. The van der Waals surface area contributed by atoms with Gasteiger partial charge in [0.2, 0.25) is 5.95 Å². The van der Waals surface area contributed by atoms with E-state index in [-0.39, 0.29) is 11.6 Å². The van der Waals surface area contributed by atoms with Gasteiger partial charge in [-0.1, -0.05) is 29.8 Å². The van der Waals surface area contributed by atoms with Crippen LogP contribution in [0.4, 0.5) is 11.6 Å². The van der Waals surface area contributed by atoms with Crippen LogP contribution in [0.3, 0.4) is 0 Å². The van der Waals surface area contributed by atoms with Gasteiger partial charge in [0, 0.05) is 5.02 Å². The number of hydrogen-bond donors (Lipinski definition) is 2. The molecule has 1 aromatic carbocycles. The zero-order valence-electron chi connectivity index (χ0n) is 10.0. The molecule has 7 nitrogen and oxygen atoms in total. The molecule has 0 spiro atoms. The van der Waals surface area contributed by atoms with E-state index in [0.717, 1.165) is 5.56 Å². The third-order valence-electron chi connectivity index (χ3n) is 2.43. The minimum atomic E-state index is -0.891. The van der Waals surface area contributed by atoms with Gasteiger partial charge in [0.15, 0.2) is 5.69 Å². The van der Waals surface area contributed by atoms with Crippen molar-refractivity contribution in [2.75, 3.05) is 5.73 Å². The summed E-state index contributed by atoms with van der Waals surface area (Å²) in [6, 6.07) is 6.80. The number of hydrogen-bond acceptors (Lipinski definition) is 5. The molecular formula is C12H9ClN4O3. The first-order valence-electron chi connectivity index (χ1n) is 5.45. The zero-order valence-corrected chi connectivity index (χ0v) is 10.8. The number of aromatic nitrogens is 2. The van der Waals surface area contributed by atoms with Crippen molar-refractivity contribution in [2.45, 2.75) is 0 Å². The van der Waals surface area contributed by atoms with E-state index in [2.05, 4.69) is 9.97 Å². The standard InChI is InChI=1S/C12H9ClN4O3/c13-8-4-1-7(2-5-8)3-6-9-10(17(19)20)11(18)16-12(14)15-9/h1-6H,(H3,14,15,16,18)/b6-3-. The van der Waals surface area contributed by atoms with Gasteiger partial charge in [-0.2, -0.15) is 0 Å². The molecule has 0 saturated heterocycles. The fraction of sp³-hybridized carbons (Fsp3) is 0. The maximum atomic E-state index is 11.5. The molecule has 0 fully saturated rings. The van der Waals surface area contributed by atoms with Crippen molar-refractivity contribution in [3.05, 3.63) is 61.0 Å². The lowest BCUT2D eigenvalue weighted by atomic mass is 10.2. The Balaban J connectivity index is 2.45. The largest absolute Gasteiger partial charge is 0.369 e. The number of nitrogen functional groups attached to an aromatic ring is 1. The normalized spacial score (nSPS) is 10.8. The molecule has 0 amide bonds. The van der Waals surface area contributed by atoms with Crippen molar-refractivity contribution >= 4 is 35.4 Å². The molecule has 0 aliphatic carbocycles. The van der Waals surface area contributed by atoms with Crippen LogP contribution >= 0.6 is 11.6 Å². The van der Waals surface area contributed by atoms with Crippen LogP contribution in [-0.2, 0) is 0 Å². The van der Waals surface area contributed by atoms with Crippen molar-refractivity contribution in [1.82, 2.24) is 9.97 Å². The third kappa shape index (κ3) is 3.01. The minimum absolute atomic E-state index is 0.105. The summed E-state index contributed by atoms with van der Waals surface area (Å²) >= 11 is 5.75. The van der Waals surface area contributed by atoms with E-state index in [1.165, 1.54) is 6.08 Å². The molecule has 0 unspecified atom stereocenters.